The van der Waals surface area contributed by atoms with Crippen LogP contribution in [0.1, 0.15) is 21.5 Å². The predicted octanol–water partition coefficient (Wildman–Crippen LogP) is -0.272. The Morgan fingerprint density at radius 3 is 2.19 bits per heavy atom. The molecule has 1 fully saturated rings. The van der Waals surface area contributed by atoms with Crippen LogP contribution >= 0.6 is 0 Å². The number of aliphatic hydroxyl groups excluding tert-OH is 2. The van der Waals surface area contributed by atoms with Gasteiger partial charge in [0.25, 0.3) is 0 Å². The lowest BCUT2D eigenvalue weighted by Gasteiger charge is -2.18. The van der Waals surface area contributed by atoms with E-state index in [-0.39, 0.29) is 23.5 Å². The maximum Gasteiger partial charge on any atom is 0.335 e. The number of carboxylic acids is 1. The second-order valence-electron chi connectivity index (χ2n) is 5.18. The van der Waals surface area contributed by atoms with Gasteiger partial charge in [-0.05, 0) is 37.1 Å². The molecule has 2 rings (SSSR count). The summed E-state index contributed by atoms with van der Waals surface area (Å²) in [4.78, 5) is 11.0. The number of hydrogen-bond donors (Lipinski definition) is 3. The molecule has 1 heterocycles. The van der Waals surface area contributed by atoms with Crippen LogP contribution in [0.4, 0.5) is 0 Å². The van der Waals surface area contributed by atoms with Crippen molar-refractivity contribution in [3.8, 4) is 0 Å². The molecule has 0 saturated carbocycles. The Kier molecular flexibility index (Phi) is 4.07. The molecule has 2 atom stereocenters. The van der Waals surface area contributed by atoms with Crippen LogP contribution in [-0.2, 0) is 10.0 Å². The third-order valence-corrected chi connectivity index (χ3v) is 5.67. The Bertz CT molecular complexity index is 674. The summed E-state index contributed by atoms with van der Waals surface area (Å²) in [5, 5.41) is 28.0. The van der Waals surface area contributed by atoms with Crippen LogP contribution in [0.15, 0.2) is 17.0 Å². The molecule has 0 bridgehead atoms. The summed E-state index contributed by atoms with van der Waals surface area (Å²) in [6, 6.07) is 2.52. The average Bonchev–Trinajstić information content (AvgIpc) is 2.73. The monoisotopic (exact) mass is 315 g/mol. The summed E-state index contributed by atoms with van der Waals surface area (Å²) < 4.78 is 26.1. The molecule has 1 aliphatic rings. The third-order valence-electron chi connectivity index (χ3n) is 3.71. The zero-order valence-corrected chi connectivity index (χ0v) is 12.5. The minimum absolute atomic E-state index is 0.110. The highest BCUT2D eigenvalue weighted by Gasteiger charge is 2.38. The van der Waals surface area contributed by atoms with Crippen molar-refractivity contribution < 1.29 is 28.5 Å². The standard InChI is InChI=1S/C13H17NO6S/c1-7-3-9(13(17)18)4-12(8(7)2)21(19,20)14-5-10(15)11(16)6-14/h3-4,10-11,15-16H,5-6H2,1-2H3,(H,17,18)/t10-,11+. The molecule has 8 heteroatoms. The molecule has 0 spiro atoms. The molecular weight excluding hydrogens is 298 g/mol. The van der Waals surface area contributed by atoms with Crippen molar-refractivity contribution >= 4 is 16.0 Å². The highest BCUT2D eigenvalue weighted by molar-refractivity contribution is 7.89. The zero-order valence-electron chi connectivity index (χ0n) is 11.6. The molecular formula is C13H17NO6S. The summed E-state index contributed by atoms with van der Waals surface area (Å²) >= 11 is 0. The average molecular weight is 315 g/mol. The summed E-state index contributed by atoms with van der Waals surface area (Å²) in [5.74, 6) is -1.21. The smallest absolute Gasteiger partial charge is 0.335 e. The first kappa shape index (κ1) is 15.9. The van der Waals surface area contributed by atoms with Gasteiger partial charge in [-0.2, -0.15) is 4.31 Å². The minimum Gasteiger partial charge on any atom is -0.478 e. The summed E-state index contributed by atoms with van der Waals surface area (Å²) in [6.45, 7) is 2.81. The molecule has 3 N–H and O–H groups in total. The van der Waals surface area contributed by atoms with Crippen molar-refractivity contribution in [2.75, 3.05) is 13.1 Å². The van der Waals surface area contributed by atoms with Crippen molar-refractivity contribution in [3.63, 3.8) is 0 Å². The first-order valence-electron chi connectivity index (χ1n) is 6.35. The van der Waals surface area contributed by atoms with Crippen molar-refractivity contribution in [1.29, 1.82) is 0 Å². The summed E-state index contributed by atoms with van der Waals surface area (Å²) in [6.07, 6.45) is -2.27. The van der Waals surface area contributed by atoms with Gasteiger partial charge in [0.15, 0.2) is 0 Å². The summed E-state index contributed by atoms with van der Waals surface area (Å²) in [5.41, 5.74) is 0.890. The number of rotatable bonds is 3. The Balaban J connectivity index is 2.52. The lowest BCUT2D eigenvalue weighted by atomic mass is 10.1. The van der Waals surface area contributed by atoms with E-state index in [1.807, 2.05) is 0 Å². The molecule has 1 saturated heterocycles. The van der Waals surface area contributed by atoms with E-state index in [4.69, 9.17) is 5.11 Å². The second kappa shape index (κ2) is 5.38. The highest BCUT2D eigenvalue weighted by Crippen LogP contribution is 2.27. The molecule has 0 aliphatic carbocycles. The van der Waals surface area contributed by atoms with E-state index in [1.165, 1.54) is 6.07 Å². The van der Waals surface area contributed by atoms with Crippen LogP contribution in [0.5, 0.6) is 0 Å². The fraction of sp³-hybridized carbons (Fsp3) is 0.462. The molecule has 1 aliphatic heterocycles. The molecule has 21 heavy (non-hydrogen) atoms. The van der Waals surface area contributed by atoms with Crippen LogP contribution in [0.2, 0.25) is 0 Å². The van der Waals surface area contributed by atoms with Crippen LogP contribution in [0, 0.1) is 13.8 Å². The molecule has 0 radical (unpaired) electrons. The maximum absolute atomic E-state index is 12.6. The van der Waals surface area contributed by atoms with Gasteiger partial charge in [0.05, 0.1) is 22.7 Å². The highest BCUT2D eigenvalue weighted by atomic mass is 32.2. The molecule has 7 nitrogen and oxygen atoms in total. The van der Waals surface area contributed by atoms with Gasteiger partial charge in [0, 0.05) is 13.1 Å². The number of aromatic carboxylic acids is 1. The molecule has 1 aromatic rings. The minimum atomic E-state index is -3.96. The van der Waals surface area contributed by atoms with Gasteiger partial charge in [-0.3, -0.25) is 0 Å². The molecule has 0 unspecified atom stereocenters. The van der Waals surface area contributed by atoms with Crippen molar-refractivity contribution in [2.24, 2.45) is 0 Å². The van der Waals surface area contributed by atoms with Crippen LogP contribution in [0.3, 0.4) is 0 Å². The fourth-order valence-electron chi connectivity index (χ4n) is 2.29. The number of aryl methyl sites for hydroxylation is 1. The second-order valence-corrected chi connectivity index (χ2v) is 7.08. The first-order valence-corrected chi connectivity index (χ1v) is 7.79. The van der Waals surface area contributed by atoms with Crippen molar-refractivity contribution in [3.05, 3.63) is 28.8 Å². The number of aliphatic hydroxyl groups is 2. The third kappa shape index (κ3) is 2.80. The Hall–Kier alpha value is -1.48. The molecule has 116 valence electrons. The van der Waals surface area contributed by atoms with Gasteiger partial charge in [-0.15, -0.1) is 0 Å². The summed E-state index contributed by atoms with van der Waals surface area (Å²) in [7, 11) is -3.96. The topological polar surface area (TPSA) is 115 Å². The molecule has 0 aromatic heterocycles. The normalized spacial score (nSPS) is 23.4. The van der Waals surface area contributed by atoms with E-state index in [2.05, 4.69) is 0 Å². The van der Waals surface area contributed by atoms with E-state index in [9.17, 15) is 23.4 Å². The van der Waals surface area contributed by atoms with Gasteiger partial charge >= 0.3 is 5.97 Å². The van der Waals surface area contributed by atoms with E-state index in [1.54, 1.807) is 13.8 Å². The quantitative estimate of drug-likeness (QED) is 0.707. The van der Waals surface area contributed by atoms with Gasteiger partial charge < -0.3 is 15.3 Å². The predicted molar refractivity (Wildman–Crippen MR) is 73.6 cm³/mol. The Labute approximate surface area is 122 Å². The number of benzene rings is 1. The Morgan fingerprint density at radius 1 is 1.19 bits per heavy atom. The Morgan fingerprint density at radius 2 is 1.71 bits per heavy atom. The lowest BCUT2D eigenvalue weighted by Crippen LogP contribution is -2.30. The number of sulfonamides is 1. The van der Waals surface area contributed by atoms with Crippen molar-refractivity contribution in [1.82, 2.24) is 4.31 Å². The van der Waals surface area contributed by atoms with Gasteiger partial charge in [-0.25, -0.2) is 13.2 Å². The van der Waals surface area contributed by atoms with E-state index in [0.717, 1.165) is 10.4 Å². The molecule has 1 aromatic carbocycles. The number of carbonyl (C=O) groups is 1. The largest absolute Gasteiger partial charge is 0.478 e. The van der Waals surface area contributed by atoms with Crippen LogP contribution < -0.4 is 0 Å². The maximum atomic E-state index is 12.6. The SMILES string of the molecule is Cc1cc(C(=O)O)cc(S(=O)(=O)N2C[C@@H](O)[C@@H](O)C2)c1C. The number of nitrogens with zero attached hydrogens (tertiary/aromatic N) is 1. The first-order chi connectivity index (χ1) is 9.64. The van der Waals surface area contributed by atoms with Gasteiger partial charge in [0.1, 0.15) is 0 Å². The van der Waals surface area contributed by atoms with E-state index in [0.29, 0.717) is 11.1 Å². The number of β-amino-alcohol motifs (C(OH)–C–C–N with tert-alkyl or cyclic N) is 2. The zero-order chi connectivity index (χ0) is 15.9. The van der Waals surface area contributed by atoms with Gasteiger partial charge in [-0.1, -0.05) is 0 Å². The van der Waals surface area contributed by atoms with Gasteiger partial charge in [0.2, 0.25) is 10.0 Å². The van der Waals surface area contributed by atoms with E-state index >= 15 is 0 Å². The van der Waals surface area contributed by atoms with Crippen molar-refractivity contribution in [2.45, 2.75) is 31.0 Å². The van der Waals surface area contributed by atoms with E-state index < -0.39 is 28.2 Å². The van der Waals surface area contributed by atoms with Crippen LogP contribution in [-0.4, -0.2) is 59.3 Å². The number of carboxylic acid groups (broad SMARTS) is 1. The number of hydrogen-bond acceptors (Lipinski definition) is 5. The molecule has 0 amide bonds. The van der Waals surface area contributed by atoms with Crippen LogP contribution in [0.25, 0.3) is 0 Å². The lowest BCUT2D eigenvalue weighted by molar-refractivity contribution is 0.0572. The fourth-order valence-corrected chi connectivity index (χ4v) is 4.09.